The molecule has 0 amide bonds. The maximum absolute atomic E-state index is 5.79. The minimum Gasteiger partial charge on any atom is -0.472 e. The predicted octanol–water partition coefficient (Wildman–Crippen LogP) is 4.73. The zero-order valence-electron chi connectivity index (χ0n) is 9.51. The van der Waals surface area contributed by atoms with Crippen molar-refractivity contribution in [3.8, 4) is 5.75 Å². The minimum atomic E-state index is -0.746. The van der Waals surface area contributed by atoms with Crippen molar-refractivity contribution in [3.63, 3.8) is 0 Å². The second-order valence-corrected chi connectivity index (χ2v) is 6.17. The van der Waals surface area contributed by atoms with Gasteiger partial charge in [0.2, 0.25) is 5.56 Å². The van der Waals surface area contributed by atoms with Gasteiger partial charge in [-0.3, -0.25) is 0 Å². The van der Waals surface area contributed by atoms with Gasteiger partial charge in [0.15, 0.2) is 4.84 Å². The van der Waals surface area contributed by atoms with Crippen molar-refractivity contribution in [2.45, 2.75) is 36.6 Å². The van der Waals surface area contributed by atoms with Crippen molar-refractivity contribution >= 4 is 34.8 Å². The number of alkyl halides is 3. The van der Waals surface area contributed by atoms with E-state index >= 15 is 0 Å². The Balaban J connectivity index is 2.72. The topological polar surface area (TPSA) is 9.23 Å². The molecule has 0 heterocycles. The molecule has 0 saturated heterocycles. The van der Waals surface area contributed by atoms with Crippen molar-refractivity contribution in [3.05, 3.63) is 29.8 Å². The van der Waals surface area contributed by atoms with E-state index in [1.807, 2.05) is 24.3 Å². The molecule has 1 atom stereocenters. The molecular weight excluding hydrogens is 266 g/mol. The van der Waals surface area contributed by atoms with E-state index in [0.717, 1.165) is 0 Å². The van der Waals surface area contributed by atoms with Crippen LogP contribution in [0.4, 0.5) is 0 Å². The monoisotopic (exact) mass is 280 g/mol. The Hall–Kier alpha value is -0.110. The van der Waals surface area contributed by atoms with Crippen molar-refractivity contribution < 1.29 is 4.74 Å². The maximum atomic E-state index is 5.79. The summed E-state index contributed by atoms with van der Waals surface area (Å²) < 4.78 is 5.34. The van der Waals surface area contributed by atoms with Gasteiger partial charge in [0.05, 0.1) is 0 Å². The maximum Gasteiger partial charge on any atom is 0.202 e. The van der Waals surface area contributed by atoms with Crippen LogP contribution < -0.4 is 4.74 Å². The molecule has 1 aromatic rings. The number of benzene rings is 1. The Morgan fingerprint density at radius 3 is 1.88 bits per heavy atom. The first-order valence-electron chi connectivity index (χ1n) is 5.00. The van der Waals surface area contributed by atoms with Crippen molar-refractivity contribution in [1.29, 1.82) is 0 Å². The molecule has 0 aromatic heterocycles. The molecule has 1 rings (SSSR count). The molecule has 0 spiro atoms. The first-order valence-corrected chi connectivity index (χ1v) is 6.31. The van der Waals surface area contributed by atoms with Crippen LogP contribution in [0.5, 0.6) is 5.75 Å². The summed E-state index contributed by atoms with van der Waals surface area (Å²) in [6, 6.07) is 7.76. The summed E-state index contributed by atoms with van der Waals surface area (Å²) in [7, 11) is 0. The normalized spacial score (nSPS) is 13.9. The SMILES string of the molecule is CC(C)(C)c1ccc(OC(Cl)C(Cl)Cl)cc1. The molecule has 90 valence electrons. The van der Waals surface area contributed by atoms with Gasteiger partial charge in [0.1, 0.15) is 5.75 Å². The molecule has 1 aromatic carbocycles. The number of ether oxygens (including phenoxy) is 1. The molecule has 16 heavy (non-hydrogen) atoms. The molecule has 0 N–H and O–H groups in total. The molecule has 0 aliphatic heterocycles. The number of hydrogen-bond acceptors (Lipinski definition) is 1. The lowest BCUT2D eigenvalue weighted by molar-refractivity contribution is 0.295. The van der Waals surface area contributed by atoms with E-state index in [0.29, 0.717) is 5.75 Å². The van der Waals surface area contributed by atoms with Gasteiger partial charge >= 0.3 is 0 Å². The third-order valence-electron chi connectivity index (χ3n) is 2.17. The second kappa shape index (κ2) is 5.48. The van der Waals surface area contributed by atoms with Crippen LogP contribution in [0.25, 0.3) is 0 Å². The number of halogens is 3. The van der Waals surface area contributed by atoms with Crippen LogP contribution in [0, 0.1) is 0 Å². The van der Waals surface area contributed by atoms with Gasteiger partial charge in [0.25, 0.3) is 0 Å². The predicted molar refractivity (Wildman–Crippen MR) is 70.9 cm³/mol. The summed E-state index contributed by atoms with van der Waals surface area (Å²) in [6.07, 6.45) is 0. The average molecular weight is 282 g/mol. The smallest absolute Gasteiger partial charge is 0.202 e. The van der Waals surface area contributed by atoms with Crippen molar-refractivity contribution in [1.82, 2.24) is 0 Å². The first-order chi connectivity index (χ1) is 7.30. The standard InChI is InChI=1S/C12H15Cl3O/c1-12(2,3)8-4-6-9(7-5-8)16-11(15)10(13)14/h4-7,10-11H,1-3H3. The lowest BCUT2D eigenvalue weighted by Crippen LogP contribution is -2.17. The Kier molecular flexibility index (Phi) is 4.78. The molecule has 0 saturated carbocycles. The zero-order chi connectivity index (χ0) is 12.3. The van der Waals surface area contributed by atoms with E-state index in [1.165, 1.54) is 5.56 Å². The quantitative estimate of drug-likeness (QED) is 0.728. The summed E-state index contributed by atoms with van der Waals surface area (Å²) in [5, 5.41) is 0. The molecule has 0 bridgehead atoms. The van der Waals surface area contributed by atoms with Crippen LogP contribution in [-0.2, 0) is 5.41 Å². The van der Waals surface area contributed by atoms with E-state index in [-0.39, 0.29) is 5.41 Å². The lowest BCUT2D eigenvalue weighted by atomic mass is 9.87. The van der Waals surface area contributed by atoms with Gasteiger partial charge in [-0.05, 0) is 23.1 Å². The summed E-state index contributed by atoms with van der Waals surface area (Å²) in [5.41, 5.74) is 0.628. The van der Waals surface area contributed by atoms with E-state index < -0.39 is 10.4 Å². The fourth-order valence-corrected chi connectivity index (χ4v) is 1.42. The average Bonchev–Trinajstić information content (AvgIpc) is 2.17. The van der Waals surface area contributed by atoms with E-state index in [9.17, 15) is 0 Å². The summed E-state index contributed by atoms with van der Waals surface area (Å²) >= 11 is 17.0. The van der Waals surface area contributed by atoms with Crippen molar-refractivity contribution in [2.24, 2.45) is 0 Å². The molecule has 0 aliphatic rings. The molecule has 0 aliphatic carbocycles. The molecule has 4 heteroatoms. The highest BCUT2D eigenvalue weighted by molar-refractivity contribution is 6.48. The van der Waals surface area contributed by atoms with Crippen LogP contribution in [0.2, 0.25) is 0 Å². The van der Waals surface area contributed by atoms with Crippen molar-refractivity contribution in [2.75, 3.05) is 0 Å². The minimum absolute atomic E-state index is 0.125. The van der Waals surface area contributed by atoms with E-state index in [2.05, 4.69) is 20.8 Å². The van der Waals surface area contributed by atoms with Gasteiger partial charge in [-0.25, -0.2) is 0 Å². The molecular formula is C12H15Cl3O. The Bertz CT molecular complexity index is 327. The van der Waals surface area contributed by atoms with Gasteiger partial charge in [-0.2, -0.15) is 0 Å². The van der Waals surface area contributed by atoms with Crippen LogP contribution in [0.15, 0.2) is 24.3 Å². The fraction of sp³-hybridized carbons (Fsp3) is 0.500. The summed E-state index contributed by atoms with van der Waals surface area (Å²) in [5.74, 6) is 0.666. The van der Waals surface area contributed by atoms with Gasteiger partial charge in [0, 0.05) is 0 Å². The highest BCUT2D eigenvalue weighted by atomic mass is 35.5. The van der Waals surface area contributed by atoms with Gasteiger partial charge in [-0.1, -0.05) is 67.7 Å². The Morgan fingerprint density at radius 1 is 1.00 bits per heavy atom. The Morgan fingerprint density at radius 2 is 1.50 bits per heavy atom. The highest BCUT2D eigenvalue weighted by Gasteiger charge is 2.16. The van der Waals surface area contributed by atoms with Gasteiger partial charge < -0.3 is 4.74 Å². The summed E-state index contributed by atoms with van der Waals surface area (Å²) in [6.45, 7) is 6.46. The molecule has 0 fully saturated rings. The Labute approximate surface area is 112 Å². The van der Waals surface area contributed by atoms with E-state index in [4.69, 9.17) is 39.5 Å². The third-order valence-corrected chi connectivity index (χ3v) is 3.22. The van der Waals surface area contributed by atoms with Crippen LogP contribution in [-0.4, -0.2) is 10.4 Å². The molecule has 1 nitrogen and oxygen atoms in total. The van der Waals surface area contributed by atoms with Crippen LogP contribution >= 0.6 is 34.8 Å². The largest absolute Gasteiger partial charge is 0.472 e. The number of hydrogen-bond donors (Lipinski definition) is 0. The lowest BCUT2D eigenvalue weighted by Gasteiger charge is -2.20. The van der Waals surface area contributed by atoms with Gasteiger partial charge in [-0.15, -0.1) is 0 Å². The molecule has 1 unspecified atom stereocenters. The number of rotatable bonds is 3. The highest BCUT2D eigenvalue weighted by Crippen LogP contribution is 2.26. The molecule has 0 radical (unpaired) electrons. The zero-order valence-corrected chi connectivity index (χ0v) is 11.8. The second-order valence-electron chi connectivity index (χ2n) is 4.58. The fourth-order valence-electron chi connectivity index (χ4n) is 1.21. The van der Waals surface area contributed by atoms with Crippen LogP contribution in [0.1, 0.15) is 26.3 Å². The van der Waals surface area contributed by atoms with E-state index in [1.54, 1.807) is 0 Å². The summed E-state index contributed by atoms with van der Waals surface area (Å²) in [4.78, 5) is -0.746. The van der Waals surface area contributed by atoms with Crippen LogP contribution in [0.3, 0.4) is 0 Å². The first kappa shape index (κ1) is 14.0. The third kappa shape index (κ3) is 4.04.